The fourth-order valence-corrected chi connectivity index (χ4v) is 5.31. The van der Waals surface area contributed by atoms with E-state index < -0.39 is 0 Å². The number of carbonyl (C=O) groups excluding carboxylic acids is 1. The summed E-state index contributed by atoms with van der Waals surface area (Å²) in [7, 11) is 0. The van der Waals surface area contributed by atoms with Crippen LogP contribution in [0, 0.1) is 5.82 Å². The Hall–Kier alpha value is -4.64. The molecule has 0 saturated heterocycles. The van der Waals surface area contributed by atoms with E-state index in [-0.39, 0.29) is 24.3 Å². The first kappa shape index (κ1) is 20.7. The summed E-state index contributed by atoms with van der Waals surface area (Å²) in [5.41, 5.74) is 9.85. The van der Waals surface area contributed by atoms with E-state index in [2.05, 4.69) is 58.8 Å². The van der Waals surface area contributed by atoms with Gasteiger partial charge in [-0.05, 0) is 63.7 Å². The number of rotatable bonds is 3. The van der Waals surface area contributed by atoms with Gasteiger partial charge < -0.3 is 15.0 Å². The zero-order chi connectivity index (χ0) is 24.2. The van der Waals surface area contributed by atoms with Crippen LogP contribution in [0.5, 0.6) is 0 Å². The fourth-order valence-electron chi connectivity index (χ4n) is 5.31. The smallest absolute Gasteiger partial charge is 0.337 e. The van der Waals surface area contributed by atoms with Gasteiger partial charge in [0.05, 0.1) is 11.3 Å². The molecule has 0 aliphatic carbocycles. The Labute approximate surface area is 207 Å². The Morgan fingerprint density at radius 2 is 1.39 bits per heavy atom. The van der Waals surface area contributed by atoms with Crippen molar-refractivity contribution in [3.63, 3.8) is 0 Å². The van der Waals surface area contributed by atoms with Crippen LogP contribution in [-0.4, -0.2) is 17.6 Å². The third-order valence-electron chi connectivity index (χ3n) is 7.14. The minimum absolute atomic E-state index is 0.200. The Kier molecular flexibility index (Phi) is 4.58. The van der Waals surface area contributed by atoms with E-state index in [1.165, 1.54) is 12.1 Å². The van der Waals surface area contributed by atoms with E-state index in [1.54, 1.807) is 12.1 Å². The maximum absolute atomic E-state index is 13.3. The highest BCUT2D eigenvalue weighted by molar-refractivity contribution is 5.98. The molecule has 3 heterocycles. The van der Waals surface area contributed by atoms with Crippen molar-refractivity contribution in [2.75, 3.05) is 11.9 Å². The summed E-state index contributed by atoms with van der Waals surface area (Å²) in [5.74, 6) is -0.702. The normalized spacial score (nSPS) is 16.5. The molecule has 0 saturated carbocycles. The predicted octanol–water partition coefficient (Wildman–Crippen LogP) is 7.01. The average molecular weight is 473 g/mol. The molecular weight excluding hydrogens is 451 g/mol. The molecule has 2 N–H and O–H groups in total. The minimum atomic E-state index is -0.264. The first-order chi connectivity index (χ1) is 17.6. The number of H-pyrrole nitrogens is 1. The van der Waals surface area contributed by atoms with Crippen molar-refractivity contribution in [2.45, 2.75) is 5.92 Å². The molecule has 5 aromatic rings. The summed E-state index contributed by atoms with van der Waals surface area (Å²) in [5, 5.41) is 4.55. The minimum Gasteiger partial charge on any atom is -0.456 e. The largest absolute Gasteiger partial charge is 0.456 e. The maximum Gasteiger partial charge on any atom is 0.337 e. The zero-order valence-corrected chi connectivity index (χ0v) is 19.2. The Morgan fingerprint density at radius 1 is 0.778 bits per heavy atom. The highest BCUT2D eigenvalue weighted by atomic mass is 19.1. The van der Waals surface area contributed by atoms with Crippen molar-refractivity contribution in [2.24, 2.45) is 0 Å². The molecular formula is C31H21FN2O2. The lowest BCUT2D eigenvalue weighted by Gasteiger charge is -2.27. The monoisotopic (exact) mass is 472 g/mol. The van der Waals surface area contributed by atoms with Gasteiger partial charge in [0.15, 0.2) is 0 Å². The molecule has 0 fully saturated rings. The number of hydrogen-bond donors (Lipinski definition) is 2. The van der Waals surface area contributed by atoms with E-state index in [0.717, 1.165) is 55.7 Å². The number of benzene rings is 4. The second-order valence-electron chi connectivity index (χ2n) is 9.24. The van der Waals surface area contributed by atoms with Crippen molar-refractivity contribution in [3.8, 4) is 22.3 Å². The molecule has 2 aliphatic rings. The second-order valence-corrected chi connectivity index (χ2v) is 9.24. The van der Waals surface area contributed by atoms with Crippen LogP contribution in [0.15, 0.2) is 108 Å². The molecule has 1 aromatic heterocycles. The standard InChI is InChI=1S/C31H21FN2O2/c32-24-11-9-21(10-12-24)19-3-1-18(2-4-19)20-5-7-22(8-6-20)29-25-16-26-23(13-14-33-26)15-27(25)34-28-17-36-31(35)30(28)29/h1-16,29,33-34H,17H2. The van der Waals surface area contributed by atoms with E-state index in [0.29, 0.717) is 5.57 Å². The number of hydrogen-bond acceptors (Lipinski definition) is 3. The zero-order valence-electron chi connectivity index (χ0n) is 19.2. The van der Waals surface area contributed by atoms with Gasteiger partial charge in [-0.2, -0.15) is 0 Å². The number of anilines is 1. The lowest BCUT2D eigenvalue weighted by Crippen LogP contribution is -2.19. The first-order valence-corrected chi connectivity index (χ1v) is 11.9. The number of nitrogens with one attached hydrogen (secondary N) is 2. The van der Waals surface area contributed by atoms with Crippen LogP contribution in [-0.2, 0) is 9.53 Å². The van der Waals surface area contributed by atoms with Gasteiger partial charge in [-0.1, -0.05) is 60.7 Å². The van der Waals surface area contributed by atoms with Gasteiger partial charge in [0.25, 0.3) is 0 Å². The van der Waals surface area contributed by atoms with E-state index in [1.807, 2.05) is 24.4 Å². The molecule has 5 heteroatoms. The quantitative estimate of drug-likeness (QED) is 0.278. The first-order valence-electron chi connectivity index (χ1n) is 11.9. The van der Waals surface area contributed by atoms with Crippen LogP contribution < -0.4 is 5.32 Å². The molecule has 0 radical (unpaired) electrons. The molecule has 4 nitrogen and oxygen atoms in total. The van der Waals surface area contributed by atoms with Crippen LogP contribution >= 0.6 is 0 Å². The van der Waals surface area contributed by atoms with Gasteiger partial charge in [-0.15, -0.1) is 0 Å². The number of halogens is 1. The third-order valence-corrected chi connectivity index (χ3v) is 7.14. The number of cyclic esters (lactones) is 1. The second kappa shape index (κ2) is 7.95. The van der Waals surface area contributed by atoms with Crippen LogP contribution in [0.2, 0.25) is 0 Å². The lowest BCUT2D eigenvalue weighted by atomic mass is 9.80. The van der Waals surface area contributed by atoms with Crippen molar-refractivity contribution in [1.82, 2.24) is 4.98 Å². The van der Waals surface area contributed by atoms with Gasteiger partial charge in [-0.25, -0.2) is 9.18 Å². The van der Waals surface area contributed by atoms with Crippen molar-refractivity contribution < 1.29 is 13.9 Å². The van der Waals surface area contributed by atoms with Crippen molar-refractivity contribution in [3.05, 3.63) is 125 Å². The average Bonchev–Trinajstić information content (AvgIpc) is 3.53. The van der Waals surface area contributed by atoms with E-state index in [4.69, 9.17) is 4.74 Å². The summed E-state index contributed by atoms with van der Waals surface area (Å²) in [6, 6.07) is 29.4. The molecule has 0 spiro atoms. The van der Waals surface area contributed by atoms with Crippen molar-refractivity contribution in [1.29, 1.82) is 0 Å². The van der Waals surface area contributed by atoms with E-state index in [9.17, 15) is 9.18 Å². The van der Waals surface area contributed by atoms with Gasteiger partial charge >= 0.3 is 5.97 Å². The number of aromatic amines is 1. The van der Waals surface area contributed by atoms with Crippen LogP contribution in [0.3, 0.4) is 0 Å². The summed E-state index contributed by atoms with van der Waals surface area (Å²) >= 11 is 0. The number of aromatic nitrogens is 1. The molecule has 174 valence electrons. The van der Waals surface area contributed by atoms with Gasteiger partial charge in [0.2, 0.25) is 0 Å². The molecule has 0 amide bonds. The Bertz CT molecular complexity index is 1660. The summed E-state index contributed by atoms with van der Waals surface area (Å²) in [4.78, 5) is 16.0. The Morgan fingerprint density at radius 3 is 2.06 bits per heavy atom. The summed E-state index contributed by atoms with van der Waals surface area (Å²) < 4.78 is 18.7. The highest BCUT2D eigenvalue weighted by Crippen LogP contribution is 2.45. The number of esters is 1. The molecule has 4 aromatic carbocycles. The van der Waals surface area contributed by atoms with Gasteiger partial charge in [-0.3, -0.25) is 0 Å². The van der Waals surface area contributed by atoms with Crippen LogP contribution in [0.1, 0.15) is 17.0 Å². The van der Waals surface area contributed by atoms with Gasteiger partial charge in [0, 0.05) is 28.7 Å². The summed E-state index contributed by atoms with van der Waals surface area (Å²) in [6.07, 6.45) is 1.93. The molecule has 2 aliphatic heterocycles. The number of fused-ring (bicyclic) bond motifs is 2. The van der Waals surface area contributed by atoms with Crippen LogP contribution in [0.4, 0.5) is 10.1 Å². The van der Waals surface area contributed by atoms with Crippen LogP contribution in [0.25, 0.3) is 33.2 Å². The molecule has 1 atom stereocenters. The summed E-state index contributed by atoms with van der Waals surface area (Å²) in [6.45, 7) is 0.272. The number of carbonyl (C=O) groups is 1. The molecule has 1 unspecified atom stereocenters. The number of ether oxygens (including phenoxy) is 1. The fraction of sp³-hybridized carbons (Fsp3) is 0.0645. The SMILES string of the molecule is O=C1OCC2=C1C(c1ccc(-c3ccc(-c4ccc(F)cc4)cc3)cc1)c1cc3[nH]ccc3cc1N2. The highest BCUT2D eigenvalue weighted by Gasteiger charge is 2.38. The molecule has 7 rings (SSSR count). The van der Waals surface area contributed by atoms with Gasteiger partial charge in [0.1, 0.15) is 12.4 Å². The van der Waals surface area contributed by atoms with E-state index >= 15 is 0 Å². The third kappa shape index (κ3) is 3.32. The maximum atomic E-state index is 13.3. The molecule has 36 heavy (non-hydrogen) atoms. The Balaban J connectivity index is 1.25. The molecule has 0 bridgehead atoms. The topological polar surface area (TPSA) is 54.1 Å². The predicted molar refractivity (Wildman–Crippen MR) is 139 cm³/mol. The van der Waals surface area contributed by atoms with Crippen molar-refractivity contribution >= 4 is 22.6 Å². The lowest BCUT2D eigenvalue weighted by molar-refractivity contribution is -0.136.